The minimum Gasteiger partial charge on any atom is -0.344 e. The summed E-state index contributed by atoms with van der Waals surface area (Å²) in [6.07, 6.45) is 28.0. The van der Waals surface area contributed by atoms with E-state index in [-0.39, 0.29) is 13.7 Å². The van der Waals surface area contributed by atoms with Crippen LogP contribution in [0.15, 0.2) is 0 Å². The number of rotatable bonds is 6. The molecule has 0 N–H and O–H groups in total. The Kier molecular flexibility index (Phi) is 31.0. The summed E-state index contributed by atoms with van der Waals surface area (Å²) in [5.74, 6) is 5.82. The van der Waals surface area contributed by atoms with Crippen LogP contribution in [0.5, 0.6) is 0 Å². The Balaban J connectivity index is 0.000000190. The van der Waals surface area contributed by atoms with Crippen molar-refractivity contribution in [3.8, 4) is 0 Å². The van der Waals surface area contributed by atoms with Gasteiger partial charge in [-0.3, -0.25) is 0 Å². The highest BCUT2D eigenvalue weighted by Crippen LogP contribution is 2.68. The van der Waals surface area contributed by atoms with Crippen molar-refractivity contribution in [2.24, 2.45) is 35.5 Å². The number of hydrogen-bond acceptors (Lipinski definition) is 2. The topological polar surface area (TPSA) is 18.5 Å². The molecule has 0 bridgehead atoms. The summed E-state index contributed by atoms with van der Waals surface area (Å²) >= 11 is 0. The van der Waals surface area contributed by atoms with Crippen LogP contribution in [0.25, 0.3) is 0 Å². The van der Waals surface area contributed by atoms with Crippen molar-refractivity contribution >= 4 is 55.5 Å². The second-order valence-electron chi connectivity index (χ2n) is 28.1. The van der Waals surface area contributed by atoms with Crippen molar-refractivity contribution in [1.29, 1.82) is 0 Å². The fraction of sp³-hybridized carbons (Fsp3) is 1.00. The summed E-state index contributed by atoms with van der Waals surface area (Å²) < 4.78 is 11.8. The third kappa shape index (κ3) is 18.5. The molecule has 8 saturated heterocycles. The van der Waals surface area contributed by atoms with Gasteiger partial charge in [0.25, 0.3) is 0 Å². The molecule has 0 unspecified atom stereocenters. The highest BCUT2D eigenvalue weighted by atomic mass is 31.1. The van der Waals surface area contributed by atoms with Gasteiger partial charge in [0.15, 0.2) is 5.79 Å². The Morgan fingerprint density at radius 1 is 0.373 bits per heavy atom. The lowest BCUT2D eigenvalue weighted by Gasteiger charge is -2.26. The summed E-state index contributed by atoms with van der Waals surface area (Å²) in [5, 5.41) is 0. The Morgan fingerprint density at radius 2 is 0.693 bits per heavy atom. The highest BCUT2D eigenvalue weighted by Gasteiger charge is 2.54. The van der Waals surface area contributed by atoms with Gasteiger partial charge in [0.2, 0.25) is 0 Å². The van der Waals surface area contributed by atoms with E-state index in [2.05, 4.69) is 157 Å². The van der Waals surface area contributed by atoms with E-state index in [1.165, 1.54) is 100 Å². The van der Waals surface area contributed by atoms with Gasteiger partial charge in [-0.2, -0.15) is 0 Å². The summed E-state index contributed by atoms with van der Waals surface area (Å²) in [6.45, 7) is 59.5. The van der Waals surface area contributed by atoms with Gasteiger partial charge in [-0.25, -0.2) is 0 Å². The standard InChI is InChI=1S/C11H19P.C11H23P.C10H19O2P.3C9H19P.C7H15P/c1-12-10-6-2-4-8(10)9-5-3-7-11(9)12;1-8(2)10-6-7-11(9(3)4)12(10)5;1-6-8-9(7(2)13(6)5)12-10(3,4)11-8;1-6-7(2)9(4)10(5)8(6)3;2*1-4-8-6-7-9(5-2)10(8)3;1-6-4-5-7(2)8(6)3/h8-11H,2-7H2,1H3;8-11H,6-7H2,1-5H3;6-9H,1-5H3;6-9H,1-5H3;2*8-9H,4-7H2,1-3H3;6-7H,4-5H2,1-3H3/t8-,9-,10-,11-;10-,11-;6-,7-,8-,9-;6-,7-,8+,9+;2*8-,9-;6-,7-/m1010111/s1. The minimum atomic E-state index is -0.353. The zero-order valence-corrected chi connectivity index (χ0v) is 61.1. The van der Waals surface area contributed by atoms with Crippen molar-refractivity contribution in [3.05, 3.63) is 0 Å². The Hall–Kier alpha value is 2.93. The average molecular weight is 1180 g/mol. The molecule has 0 spiro atoms. The van der Waals surface area contributed by atoms with E-state index in [4.69, 9.17) is 9.47 Å². The molecule has 10 fully saturated rings. The third-order valence-corrected chi connectivity index (χ3v) is 47.5. The van der Waals surface area contributed by atoms with E-state index in [1.807, 2.05) is 13.8 Å². The second-order valence-corrected chi connectivity index (χ2v) is 48.0. The van der Waals surface area contributed by atoms with Crippen molar-refractivity contribution in [2.45, 2.75) is 337 Å². The van der Waals surface area contributed by atoms with Crippen LogP contribution in [0.2, 0.25) is 0 Å². The van der Waals surface area contributed by atoms with Crippen LogP contribution in [-0.2, 0) is 9.47 Å². The van der Waals surface area contributed by atoms with E-state index >= 15 is 0 Å². The Morgan fingerprint density at radius 3 is 0.920 bits per heavy atom. The van der Waals surface area contributed by atoms with Crippen molar-refractivity contribution in [1.82, 2.24) is 0 Å². The van der Waals surface area contributed by atoms with Crippen LogP contribution in [0.1, 0.15) is 240 Å². The molecule has 444 valence electrons. The molecule has 10 aliphatic rings. The van der Waals surface area contributed by atoms with Crippen molar-refractivity contribution in [3.63, 3.8) is 0 Å². The van der Waals surface area contributed by atoms with Gasteiger partial charge in [0.05, 0.1) is 12.2 Å². The highest BCUT2D eigenvalue weighted by molar-refractivity contribution is 7.60. The lowest BCUT2D eigenvalue weighted by Crippen LogP contribution is -2.27. The van der Waals surface area contributed by atoms with E-state index in [1.54, 1.807) is 38.5 Å². The van der Waals surface area contributed by atoms with Crippen LogP contribution < -0.4 is 0 Å². The smallest absolute Gasteiger partial charge is 0.163 e. The zero-order chi connectivity index (χ0) is 56.4. The van der Waals surface area contributed by atoms with Crippen LogP contribution in [0.4, 0.5) is 0 Å². The molecule has 20 atom stereocenters. The molecule has 75 heavy (non-hydrogen) atoms. The third-order valence-electron chi connectivity index (χ3n) is 23.3. The van der Waals surface area contributed by atoms with Gasteiger partial charge in [-0.05, 0) is 267 Å². The number of ether oxygens (including phenoxy) is 2. The van der Waals surface area contributed by atoms with E-state index in [9.17, 15) is 0 Å². The lowest BCUT2D eigenvalue weighted by atomic mass is 9.90. The molecule has 9 heteroatoms. The molecule has 0 radical (unpaired) electrons. The second kappa shape index (κ2) is 33.0. The van der Waals surface area contributed by atoms with Crippen molar-refractivity contribution < 1.29 is 9.47 Å². The molecule has 0 aromatic rings. The van der Waals surface area contributed by atoms with Gasteiger partial charge in [0, 0.05) is 11.3 Å². The van der Waals surface area contributed by atoms with Gasteiger partial charge < -0.3 is 9.47 Å². The first-order chi connectivity index (χ1) is 35.2. The summed E-state index contributed by atoms with van der Waals surface area (Å²) in [5.41, 5.74) is 14.5. The molecule has 2 aliphatic carbocycles. The normalized spacial score (nSPS) is 43.3. The molecular formula is C66H133O2P7. The summed E-state index contributed by atoms with van der Waals surface area (Å²) in [6, 6.07) is 0. The first kappa shape index (κ1) is 70.4. The van der Waals surface area contributed by atoms with Crippen molar-refractivity contribution in [2.75, 3.05) is 46.7 Å². The molecule has 2 saturated carbocycles. The molecule has 0 amide bonds. The van der Waals surface area contributed by atoms with Crippen LogP contribution in [-0.4, -0.2) is 144 Å². The average Bonchev–Trinajstić information content (AvgIpc) is 4.28. The first-order valence-corrected chi connectivity index (χ1v) is 46.1. The Bertz CT molecular complexity index is 1420. The van der Waals surface area contributed by atoms with Crippen LogP contribution >= 0.6 is 55.5 Å². The predicted molar refractivity (Wildman–Crippen MR) is 362 cm³/mol. The van der Waals surface area contributed by atoms with Crippen LogP contribution in [0, 0.1) is 35.5 Å². The first-order valence-electron chi connectivity index (χ1n) is 32.6. The van der Waals surface area contributed by atoms with Gasteiger partial charge in [0.1, 0.15) is 0 Å². The molecule has 0 aromatic heterocycles. The van der Waals surface area contributed by atoms with E-state index < -0.39 is 0 Å². The van der Waals surface area contributed by atoms with Gasteiger partial charge in [-0.1, -0.05) is 132 Å². The molecule has 10 rings (SSSR count). The zero-order valence-electron chi connectivity index (χ0n) is 54.9. The minimum absolute atomic E-state index is 0.0879. The summed E-state index contributed by atoms with van der Waals surface area (Å²) in [7, 11) is 2.43. The maximum absolute atomic E-state index is 5.92. The molecule has 8 heterocycles. The van der Waals surface area contributed by atoms with E-state index in [0.29, 0.717) is 71.1 Å². The number of hydrogen-bond donors (Lipinski definition) is 0. The molecule has 2 nitrogen and oxygen atoms in total. The van der Waals surface area contributed by atoms with Gasteiger partial charge >= 0.3 is 0 Å². The fourth-order valence-corrected chi connectivity index (χ4v) is 36.4. The SMILES string of the molecule is CC(C)[C@@H]1CC[C@@H](C(C)C)P1C.CC[C@@H]1CC[C@@H](CC)P1C.CC[C@@H]1CC[C@@H](CC)P1C.CP1[C@@H]2CCC[C@@H]2[C@H]2CCC[C@H]21.C[C@@H]1CC[C@@H](C)P1C.C[C@@H]1[C@H]2OC(C)(C)O[C@@H]2[C@@H](C)P1C.C[C@H]1[C@H](C)[C@@H](C)P(C)[C@@H]1C. The monoisotopic (exact) mass is 1170 g/mol. The maximum atomic E-state index is 5.92. The summed E-state index contributed by atoms with van der Waals surface area (Å²) in [4.78, 5) is 0. The molecule has 0 aromatic carbocycles. The predicted octanol–water partition coefficient (Wildman–Crippen LogP) is 22.5. The largest absolute Gasteiger partial charge is 0.344 e. The Labute approximate surface area is 481 Å². The fourth-order valence-electron chi connectivity index (χ4n) is 16.7. The van der Waals surface area contributed by atoms with Crippen LogP contribution in [0.3, 0.4) is 0 Å². The molecule has 8 aliphatic heterocycles. The maximum Gasteiger partial charge on any atom is 0.163 e. The number of fused-ring (bicyclic) bond motifs is 4. The van der Waals surface area contributed by atoms with E-state index in [0.717, 1.165) is 80.3 Å². The molecular weight excluding hydrogens is 1040 g/mol. The van der Waals surface area contributed by atoms with Gasteiger partial charge in [-0.15, -0.1) is 47.5 Å². The quantitative estimate of drug-likeness (QED) is 0.247. The lowest BCUT2D eigenvalue weighted by molar-refractivity contribution is -0.147.